The number of nitrogens with zero attached hydrogens (tertiary/aromatic N) is 4. The molecular weight excluding hydrogens is 302 g/mol. The molecule has 3 rings (SSSR count). The van der Waals surface area contributed by atoms with Gasteiger partial charge in [0.2, 0.25) is 0 Å². The second-order valence-corrected chi connectivity index (χ2v) is 6.81. The van der Waals surface area contributed by atoms with Crippen molar-refractivity contribution in [3.05, 3.63) is 41.7 Å². The molecule has 0 bridgehead atoms. The van der Waals surface area contributed by atoms with Crippen molar-refractivity contribution in [2.75, 3.05) is 20.1 Å². The van der Waals surface area contributed by atoms with Crippen LogP contribution in [0.1, 0.15) is 36.0 Å². The molecule has 2 aromatic rings. The quantitative estimate of drug-likeness (QED) is 0.878. The second-order valence-electron chi connectivity index (χ2n) is 6.81. The molecule has 2 atom stereocenters. The van der Waals surface area contributed by atoms with Gasteiger partial charge < -0.3 is 15.0 Å². The van der Waals surface area contributed by atoms with Crippen molar-refractivity contribution in [1.82, 2.24) is 24.8 Å². The Balaban J connectivity index is 1.66. The van der Waals surface area contributed by atoms with Crippen molar-refractivity contribution in [1.29, 1.82) is 0 Å². The van der Waals surface area contributed by atoms with Gasteiger partial charge >= 0.3 is 0 Å². The largest absolute Gasteiger partial charge is 0.506 e. The fraction of sp³-hybridized carbons (Fsp3) is 0.556. The van der Waals surface area contributed by atoms with Crippen LogP contribution < -0.4 is 5.32 Å². The van der Waals surface area contributed by atoms with Crippen molar-refractivity contribution < 1.29 is 5.11 Å². The number of aromatic hydroxyl groups is 1. The molecule has 6 nitrogen and oxygen atoms in total. The van der Waals surface area contributed by atoms with Gasteiger partial charge in [0.15, 0.2) is 0 Å². The molecule has 1 aliphatic heterocycles. The lowest BCUT2D eigenvalue weighted by Crippen LogP contribution is -2.41. The third kappa shape index (κ3) is 3.60. The molecule has 0 radical (unpaired) electrons. The number of aryl methyl sites for hydroxylation is 2. The summed E-state index contributed by atoms with van der Waals surface area (Å²) in [4.78, 5) is 11.1. The van der Waals surface area contributed by atoms with Gasteiger partial charge in [0.25, 0.3) is 0 Å². The van der Waals surface area contributed by atoms with E-state index in [4.69, 9.17) is 0 Å². The Labute approximate surface area is 143 Å². The summed E-state index contributed by atoms with van der Waals surface area (Å²) in [7, 11) is 4.25. The molecule has 6 heteroatoms. The van der Waals surface area contributed by atoms with Crippen LogP contribution in [0.25, 0.3) is 0 Å². The lowest BCUT2D eigenvalue weighted by atomic mass is 9.87. The first-order chi connectivity index (χ1) is 11.6. The summed E-state index contributed by atoms with van der Waals surface area (Å²) in [5.74, 6) is 0.781. The maximum atomic E-state index is 9.93. The van der Waals surface area contributed by atoms with Crippen LogP contribution in [0.3, 0.4) is 0 Å². The van der Waals surface area contributed by atoms with Crippen LogP contribution in [0.4, 0.5) is 0 Å². The summed E-state index contributed by atoms with van der Waals surface area (Å²) in [6.45, 7) is 4.55. The van der Waals surface area contributed by atoms with E-state index in [9.17, 15) is 5.11 Å². The SMILES string of the molecule is Cc1ccc(O)c(CNC[C@@H]2CCCN(C)[C@H]2c2cncn2C)n1. The van der Waals surface area contributed by atoms with E-state index in [0.717, 1.165) is 24.5 Å². The molecule has 1 fully saturated rings. The highest BCUT2D eigenvalue weighted by Crippen LogP contribution is 2.34. The first kappa shape index (κ1) is 16.9. The molecule has 1 saturated heterocycles. The Morgan fingerprint density at radius 3 is 2.92 bits per heavy atom. The molecule has 0 amide bonds. The van der Waals surface area contributed by atoms with Crippen molar-refractivity contribution in [3.8, 4) is 5.75 Å². The van der Waals surface area contributed by atoms with Gasteiger partial charge in [-0.15, -0.1) is 0 Å². The van der Waals surface area contributed by atoms with E-state index in [1.807, 2.05) is 25.5 Å². The molecule has 1 aliphatic rings. The Morgan fingerprint density at radius 1 is 1.33 bits per heavy atom. The highest BCUT2D eigenvalue weighted by atomic mass is 16.3. The Kier molecular flexibility index (Phi) is 5.16. The fourth-order valence-electron chi connectivity index (χ4n) is 3.70. The molecule has 0 aromatic carbocycles. The minimum Gasteiger partial charge on any atom is -0.506 e. The first-order valence-electron chi connectivity index (χ1n) is 8.59. The van der Waals surface area contributed by atoms with Gasteiger partial charge in [-0.05, 0) is 51.4 Å². The van der Waals surface area contributed by atoms with Gasteiger partial charge in [-0.2, -0.15) is 0 Å². The predicted octanol–water partition coefficient (Wildman–Crippen LogP) is 2.00. The molecule has 2 aromatic heterocycles. The third-order valence-electron chi connectivity index (χ3n) is 4.95. The standard InChI is InChI=1S/C18H27N5O/c1-13-6-7-17(24)15(21-13)10-19-9-14-5-4-8-22(2)18(14)16-11-20-12-23(16)3/h6-7,11-12,14,18-19,24H,4-5,8-10H2,1-3H3/t14-,18+/m0/s1. The van der Waals surface area contributed by atoms with Gasteiger partial charge in [0.05, 0.1) is 23.8 Å². The average molecular weight is 329 g/mol. The van der Waals surface area contributed by atoms with Gasteiger partial charge in [-0.25, -0.2) is 4.98 Å². The fourth-order valence-corrected chi connectivity index (χ4v) is 3.70. The number of pyridine rings is 1. The van der Waals surface area contributed by atoms with Crippen LogP contribution in [0, 0.1) is 12.8 Å². The normalized spacial score (nSPS) is 22.0. The minimum atomic E-state index is 0.261. The van der Waals surface area contributed by atoms with E-state index in [-0.39, 0.29) is 5.75 Å². The smallest absolute Gasteiger partial charge is 0.138 e. The topological polar surface area (TPSA) is 66.2 Å². The lowest BCUT2D eigenvalue weighted by molar-refractivity contribution is 0.113. The minimum absolute atomic E-state index is 0.261. The molecule has 2 N–H and O–H groups in total. The Morgan fingerprint density at radius 2 is 2.17 bits per heavy atom. The monoisotopic (exact) mass is 329 g/mol. The number of imidazole rings is 1. The molecule has 0 aliphatic carbocycles. The summed E-state index contributed by atoms with van der Waals surface area (Å²) in [6.07, 6.45) is 6.26. The van der Waals surface area contributed by atoms with Crippen LogP contribution in [-0.4, -0.2) is 44.7 Å². The maximum Gasteiger partial charge on any atom is 0.138 e. The zero-order valence-electron chi connectivity index (χ0n) is 14.7. The van der Waals surface area contributed by atoms with E-state index in [2.05, 4.69) is 38.8 Å². The van der Waals surface area contributed by atoms with Gasteiger partial charge in [-0.1, -0.05) is 0 Å². The van der Waals surface area contributed by atoms with Crippen LogP contribution in [0.2, 0.25) is 0 Å². The average Bonchev–Trinajstić information content (AvgIpc) is 2.97. The van der Waals surface area contributed by atoms with Crippen molar-refractivity contribution >= 4 is 0 Å². The van der Waals surface area contributed by atoms with Gasteiger partial charge in [0, 0.05) is 32.0 Å². The van der Waals surface area contributed by atoms with E-state index >= 15 is 0 Å². The van der Waals surface area contributed by atoms with Crippen LogP contribution in [0.5, 0.6) is 5.75 Å². The predicted molar refractivity (Wildman–Crippen MR) is 93.6 cm³/mol. The second kappa shape index (κ2) is 7.32. The zero-order valence-corrected chi connectivity index (χ0v) is 14.7. The van der Waals surface area contributed by atoms with Gasteiger partial charge in [-0.3, -0.25) is 9.88 Å². The molecule has 3 heterocycles. The molecule has 24 heavy (non-hydrogen) atoms. The summed E-state index contributed by atoms with van der Waals surface area (Å²) in [5.41, 5.74) is 2.91. The molecular formula is C18H27N5O. The van der Waals surface area contributed by atoms with Crippen LogP contribution >= 0.6 is 0 Å². The Bertz CT molecular complexity index is 684. The number of aromatic nitrogens is 3. The van der Waals surface area contributed by atoms with Crippen LogP contribution in [-0.2, 0) is 13.6 Å². The lowest BCUT2D eigenvalue weighted by Gasteiger charge is -2.39. The maximum absolute atomic E-state index is 9.93. The van der Waals surface area contributed by atoms with Crippen LogP contribution in [0.15, 0.2) is 24.7 Å². The summed E-state index contributed by atoms with van der Waals surface area (Å²) >= 11 is 0. The Hall–Kier alpha value is -1.92. The number of hydrogen-bond acceptors (Lipinski definition) is 5. The highest BCUT2D eigenvalue weighted by Gasteiger charge is 2.31. The summed E-state index contributed by atoms with van der Waals surface area (Å²) < 4.78 is 2.12. The molecule has 0 spiro atoms. The number of rotatable bonds is 5. The number of hydrogen-bond donors (Lipinski definition) is 2. The highest BCUT2D eigenvalue weighted by molar-refractivity contribution is 5.27. The van der Waals surface area contributed by atoms with Crippen molar-refractivity contribution in [2.24, 2.45) is 13.0 Å². The van der Waals surface area contributed by atoms with Crippen molar-refractivity contribution in [2.45, 2.75) is 32.4 Å². The summed E-state index contributed by atoms with van der Waals surface area (Å²) in [6, 6.07) is 3.91. The summed E-state index contributed by atoms with van der Waals surface area (Å²) in [5, 5.41) is 13.4. The van der Waals surface area contributed by atoms with E-state index in [1.54, 1.807) is 6.07 Å². The van der Waals surface area contributed by atoms with Gasteiger partial charge in [0.1, 0.15) is 5.75 Å². The van der Waals surface area contributed by atoms with E-state index < -0.39 is 0 Å². The molecule has 0 unspecified atom stereocenters. The van der Waals surface area contributed by atoms with Crippen molar-refractivity contribution in [3.63, 3.8) is 0 Å². The number of piperidine rings is 1. The third-order valence-corrected chi connectivity index (χ3v) is 4.95. The molecule has 0 saturated carbocycles. The van der Waals surface area contributed by atoms with E-state index in [0.29, 0.717) is 18.5 Å². The first-order valence-corrected chi connectivity index (χ1v) is 8.59. The van der Waals surface area contributed by atoms with E-state index in [1.165, 1.54) is 18.5 Å². The molecule has 130 valence electrons. The number of likely N-dealkylation sites (tertiary alicyclic amines) is 1. The zero-order chi connectivity index (χ0) is 17.1. The number of nitrogens with one attached hydrogen (secondary N) is 1.